The zero-order valence-electron chi connectivity index (χ0n) is 19.0. The Morgan fingerprint density at radius 2 is 1.83 bits per heavy atom. The van der Waals surface area contributed by atoms with E-state index in [1.54, 1.807) is 35.0 Å². The Hall–Kier alpha value is -3.39. The van der Waals surface area contributed by atoms with E-state index in [9.17, 15) is 17.6 Å². The number of sulfonamides is 1. The molecule has 0 aliphatic rings. The second-order valence-electron chi connectivity index (χ2n) is 7.91. The van der Waals surface area contributed by atoms with Gasteiger partial charge in [-0.2, -0.15) is 0 Å². The quantitative estimate of drug-likeness (QED) is 0.308. The summed E-state index contributed by atoms with van der Waals surface area (Å²) in [6, 6.07) is 12.2. The number of rotatable bonds is 7. The van der Waals surface area contributed by atoms with Crippen molar-refractivity contribution in [2.45, 2.75) is 10.1 Å². The third-order valence-electron chi connectivity index (χ3n) is 5.35. The largest absolute Gasteiger partial charge is 0.325 e. The minimum absolute atomic E-state index is 0.0606. The highest BCUT2D eigenvalue weighted by molar-refractivity contribution is 7.99. The van der Waals surface area contributed by atoms with Gasteiger partial charge in [0.15, 0.2) is 10.8 Å². The fourth-order valence-electron chi connectivity index (χ4n) is 3.51. The maximum absolute atomic E-state index is 13.4. The van der Waals surface area contributed by atoms with Gasteiger partial charge in [-0.1, -0.05) is 23.9 Å². The molecule has 3 aromatic heterocycles. The normalized spacial score (nSPS) is 12.0. The van der Waals surface area contributed by atoms with Gasteiger partial charge < -0.3 is 5.32 Å². The Morgan fingerprint density at radius 3 is 2.53 bits per heavy atom. The lowest BCUT2D eigenvalue weighted by molar-refractivity contribution is -0.113. The third-order valence-corrected chi connectivity index (χ3v) is 9.01. The van der Waals surface area contributed by atoms with Gasteiger partial charge in [0.05, 0.1) is 16.0 Å². The average molecular weight is 543 g/mol. The summed E-state index contributed by atoms with van der Waals surface area (Å²) in [5.41, 5.74) is 2.81. The Bertz CT molecular complexity index is 1680. The molecule has 184 valence electrons. The monoisotopic (exact) mass is 542 g/mol. The number of nitrogens with zero attached hydrogens (tertiary/aromatic N) is 5. The standard InChI is InChI=1S/C23H19FN6O3S3/c1-29(2)36(32,33)17-9-7-16(8-10-17)26-19(31)12-35-23-28-27-21-20-18(14-3-5-15(24)6-4-14)11-34-22(20)25-13-30(21)23/h3-11,13H,12H2,1-2H3,(H,26,31). The molecule has 0 aliphatic heterocycles. The number of aromatic nitrogens is 4. The van der Waals surface area contributed by atoms with Crippen LogP contribution in [-0.4, -0.2) is 58.1 Å². The molecule has 0 radical (unpaired) electrons. The molecule has 3 heterocycles. The van der Waals surface area contributed by atoms with Crippen LogP contribution in [0, 0.1) is 5.82 Å². The van der Waals surface area contributed by atoms with Crippen molar-refractivity contribution in [2.24, 2.45) is 0 Å². The zero-order valence-corrected chi connectivity index (χ0v) is 21.5. The molecule has 5 rings (SSSR count). The van der Waals surface area contributed by atoms with E-state index in [1.807, 2.05) is 5.38 Å². The van der Waals surface area contributed by atoms with E-state index < -0.39 is 10.0 Å². The number of hydrogen-bond donors (Lipinski definition) is 1. The average Bonchev–Trinajstić information content (AvgIpc) is 3.47. The van der Waals surface area contributed by atoms with Crippen molar-refractivity contribution in [2.75, 3.05) is 25.2 Å². The van der Waals surface area contributed by atoms with Crippen molar-refractivity contribution in [3.05, 3.63) is 66.1 Å². The smallest absolute Gasteiger partial charge is 0.242 e. The first-order valence-electron chi connectivity index (χ1n) is 10.6. The van der Waals surface area contributed by atoms with Gasteiger partial charge in [0, 0.05) is 30.7 Å². The molecule has 0 unspecified atom stereocenters. The summed E-state index contributed by atoms with van der Waals surface area (Å²) >= 11 is 2.66. The van der Waals surface area contributed by atoms with Gasteiger partial charge in [-0.25, -0.2) is 22.1 Å². The highest BCUT2D eigenvalue weighted by Crippen LogP contribution is 2.35. The number of hydrogen-bond acceptors (Lipinski definition) is 8. The minimum atomic E-state index is -3.54. The van der Waals surface area contributed by atoms with Crippen LogP contribution in [0.3, 0.4) is 0 Å². The van der Waals surface area contributed by atoms with Crippen LogP contribution >= 0.6 is 23.1 Å². The minimum Gasteiger partial charge on any atom is -0.325 e. The molecule has 1 N–H and O–H groups in total. The molecule has 1 amide bonds. The lowest BCUT2D eigenvalue weighted by atomic mass is 10.1. The molecule has 0 atom stereocenters. The van der Waals surface area contributed by atoms with Crippen LogP contribution in [0.15, 0.2) is 70.3 Å². The third kappa shape index (κ3) is 4.57. The SMILES string of the molecule is CN(C)S(=O)(=O)c1ccc(NC(=O)CSc2nnc3c4c(-c5ccc(F)cc5)csc4ncn23)cc1. The molecule has 9 nitrogen and oxygen atoms in total. The Balaban J connectivity index is 1.32. The molecule has 5 aromatic rings. The number of carbonyl (C=O) groups is 1. The zero-order chi connectivity index (χ0) is 25.4. The van der Waals surface area contributed by atoms with Crippen molar-refractivity contribution < 1.29 is 17.6 Å². The number of carbonyl (C=O) groups excluding carboxylic acids is 1. The second-order valence-corrected chi connectivity index (χ2v) is 11.9. The molecular formula is C23H19FN6O3S3. The summed E-state index contributed by atoms with van der Waals surface area (Å²) in [5, 5.41) is 14.6. The number of thiophene rings is 1. The predicted molar refractivity (Wildman–Crippen MR) is 138 cm³/mol. The molecule has 0 spiro atoms. The molecule has 2 aromatic carbocycles. The summed E-state index contributed by atoms with van der Waals surface area (Å²) in [4.78, 5) is 17.9. The number of halogens is 1. The summed E-state index contributed by atoms with van der Waals surface area (Å²) in [5.74, 6) is -0.530. The highest BCUT2D eigenvalue weighted by atomic mass is 32.2. The van der Waals surface area contributed by atoms with Crippen LogP contribution < -0.4 is 5.32 Å². The van der Waals surface area contributed by atoms with Crippen LogP contribution in [0.2, 0.25) is 0 Å². The highest BCUT2D eigenvalue weighted by Gasteiger charge is 2.18. The van der Waals surface area contributed by atoms with E-state index in [1.165, 1.54) is 61.5 Å². The molecule has 0 saturated carbocycles. The Labute approximate surface area is 214 Å². The van der Waals surface area contributed by atoms with Crippen molar-refractivity contribution in [3.8, 4) is 11.1 Å². The van der Waals surface area contributed by atoms with Crippen LogP contribution in [0.4, 0.5) is 10.1 Å². The fraction of sp³-hybridized carbons (Fsp3) is 0.130. The van der Waals surface area contributed by atoms with Gasteiger partial charge in [-0.3, -0.25) is 9.20 Å². The van der Waals surface area contributed by atoms with Gasteiger partial charge in [-0.15, -0.1) is 21.5 Å². The van der Waals surface area contributed by atoms with E-state index in [-0.39, 0.29) is 22.4 Å². The number of benzene rings is 2. The molecule has 0 fully saturated rings. The van der Waals surface area contributed by atoms with Crippen molar-refractivity contribution >= 4 is 60.6 Å². The number of fused-ring (bicyclic) bond motifs is 3. The number of thioether (sulfide) groups is 1. The first kappa shape index (κ1) is 24.3. The van der Waals surface area contributed by atoms with Gasteiger partial charge in [0.2, 0.25) is 15.9 Å². The lowest BCUT2D eigenvalue weighted by Gasteiger charge is -2.12. The van der Waals surface area contributed by atoms with Crippen LogP contribution in [0.5, 0.6) is 0 Å². The molecule has 13 heteroatoms. The van der Waals surface area contributed by atoms with Crippen LogP contribution in [-0.2, 0) is 14.8 Å². The van der Waals surface area contributed by atoms with E-state index in [0.29, 0.717) is 16.5 Å². The van der Waals surface area contributed by atoms with Gasteiger partial charge >= 0.3 is 0 Å². The van der Waals surface area contributed by atoms with Crippen LogP contribution in [0.1, 0.15) is 0 Å². The Morgan fingerprint density at radius 1 is 1.11 bits per heavy atom. The summed E-state index contributed by atoms with van der Waals surface area (Å²) in [6.45, 7) is 0. The topological polar surface area (TPSA) is 110 Å². The van der Waals surface area contributed by atoms with E-state index in [2.05, 4.69) is 20.5 Å². The Kier molecular flexibility index (Phi) is 6.47. The molecular weight excluding hydrogens is 523 g/mol. The van der Waals surface area contributed by atoms with E-state index in [4.69, 9.17) is 0 Å². The van der Waals surface area contributed by atoms with Crippen molar-refractivity contribution in [1.82, 2.24) is 23.9 Å². The first-order valence-corrected chi connectivity index (χ1v) is 13.9. The molecule has 36 heavy (non-hydrogen) atoms. The van der Waals surface area contributed by atoms with E-state index >= 15 is 0 Å². The lowest BCUT2D eigenvalue weighted by Crippen LogP contribution is -2.22. The summed E-state index contributed by atoms with van der Waals surface area (Å²) in [6.07, 6.45) is 1.62. The number of amides is 1. The molecule has 0 aliphatic carbocycles. The first-order chi connectivity index (χ1) is 17.2. The number of anilines is 1. The van der Waals surface area contributed by atoms with Crippen LogP contribution in [0.25, 0.3) is 27.0 Å². The van der Waals surface area contributed by atoms with Gasteiger partial charge in [-0.05, 0) is 42.0 Å². The van der Waals surface area contributed by atoms with Crippen molar-refractivity contribution in [1.29, 1.82) is 0 Å². The fourth-order valence-corrected chi connectivity index (χ4v) is 6.02. The van der Waals surface area contributed by atoms with Gasteiger partial charge in [0.25, 0.3) is 0 Å². The second kappa shape index (κ2) is 9.58. The maximum Gasteiger partial charge on any atom is 0.242 e. The molecule has 0 saturated heterocycles. The maximum atomic E-state index is 13.4. The summed E-state index contributed by atoms with van der Waals surface area (Å²) < 4.78 is 40.6. The number of nitrogens with one attached hydrogen (secondary N) is 1. The van der Waals surface area contributed by atoms with Gasteiger partial charge in [0.1, 0.15) is 17.0 Å². The van der Waals surface area contributed by atoms with Crippen molar-refractivity contribution in [3.63, 3.8) is 0 Å². The summed E-state index contributed by atoms with van der Waals surface area (Å²) in [7, 11) is -0.626. The molecule has 0 bridgehead atoms. The predicted octanol–water partition coefficient (Wildman–Crippen LogP) is 4.13. The van der Waals surface area contributed by atoms with E-state index in [0.717, 1.165) is 25.6 Å².